The second-order valence-electron chi connectivity index (χ2n) is 1.38. The first-order valence-electron chi connectivity index (χ1n) is 2.36. The molecule has 0 unspecified atom stereocenters. The zero-order valence-electron chi connectivity index (χ0n) is 4.63. The Balaban J connectivity index is 0.000000640. The topological polar surface area (TPSA) is 37.8 Å². The summed E-state index contributed by atoms with van der Waals surface area (Å²) < 4.78 is 0. The van der Waals surface area contributed by atoms with Gasteiger partial charge in [0.1, 0.15) is 6.33 Å². The molecule has 0 aliphatic heterocycles. The lowest BCUT2D eigenvalue weighted by molar-refractivity contribution is 1.16. The third-order valence-electron chi connectivity index (χ3n) is 0.849. The molecule has 0 spiro atoms. The highest BCUT2D eigenvalue weighted by Crippen LogP contribution is 1.95. The minimum Gasteiger partial charge on any atom is -0.386 e. The third kappa shape index (κ3) is 2.08. The van der Waals surface area contributed by atoms with E-state index in [0.29, 0.717) is 0 Å². The van der Waals surface area contributed by atoms with Gasteiger partial charge in [-0.1, -0.05) is 7.43 Å². The molecule has 0 saturated heterocycles. The van der Waals surface area contributed by atoms with Crippen LogP contribution in [-0.2, 0) is 0 Å². The quantitative estimate of drug-likeness (QED) is 0.612. The van der Waals surface area contributed by atoms with Crippen LogP contribution in [0.25, 0.3) is 0 Å². The van der Waals surface area contributed by atoms with Crippen LogP contribution in [-0.4, -0.2) is 17.0 Å². The molecule has 0 saturated carbocycles. The van der Waals surface area contributed by atoms with E-state index in [-0.39, 0.29) is 7.43 Å². The number of nitrogens with zero attached hydrogens (tertiary/aromatic N) is 2. The molecule has 0 amide bonds. The number of anilines is 1. The van der Waals surface area contributed by atoms with Gasteiger partial charge in [-0.05, 0) is 0 Å². The Bertz CT molecular complexity index is 150. The summed E-state index contributed by atoms with van der Waals surface area (Å²) in [5.74, 6) is 0. The number of aromatic nitrogens is 2. The zero-order valence-corrected chi connectivity index (χ0v) is 4.63. The maximum absolute atomic E-state index is 3.78. The Hall–Kier alpha value is -1.12. The predicted molar refractivity (Wildman–Crippen MR) is 38.3 cm³/mol. The molecular weight excluding hydrogens is 114 g/mol. The summed E-state index contributed by atoms with van der Waals surface area (Å²) in [4.78, 5) is 7.56. The van der Waals surface area contributed by atoms with E-state index in [2.05, 4.69) is 15.3 Å². The van der Waals surface area contributed by atoms with Gasteiger partial charge in [0, 0.05) is 7.05 Å². The Morgan fingerprint density at radius 1 is 1.33 bits per heavy atom. The molecule has 0 bridgehead atoms. The molecule has 9 heavy (non-hydrogen) atoms. The lowest BCUT2D eigenvalue weighted by Gasteiger charge is -1.92. The first kappa shape index (κ1) is 7.88. The smallest absolute Gasteiger partial charge is 0.115 e. The van der Waals surface area contributed by atoms with Crippen molar-refractivity contribution in [2.24, 2.45) is 0 Å². The monoisotopic (exact) mass is 125 g/mol. The summed E-state index contributed by atoms with van der Waals surface area (Å²) in [6.45, 7) is 0. The van der Waals surface area contributed by atoms with E-state index in [1.165, 1.54) is 6.33 Å². The fourth-order valence-electron chi connectivity index (χ4n) is 0.428. The van der Waals surface area contributed by atoms with Crippen molar-refractivity contribution in [3.8, 4) is 0 Å². The average molecular weight is 125 g/mol. The Morgan fingerprint density at radius 2 is 1.89 bits per heavy atom. The number of hydrogen-bond acceptors (Lipinski definition) is 3. The predicted octanol–water partition coefficient (Wildman–Crippen LogP) is 1.15. The highest BCUT2D eigenvalue weighted by molar-refractivity contribution is 5.35. The summed E-state index contributed by atoms with van der Waals surface area (Å²) in [5, 5.41) is 2.90. The van der Waals surface area contributed by atoms with Crippen LogP contribution in [0.5, 0.6) is 0 Å². The molecule has 1 rings (SSSR count). The van der Waals surface area contributed by atoms with Crippen LogP contribution in [0.15, 0.2) is 18.7 Å². The Labute approximate surface area is 55.2 Å². The van der Waals surface area contributed by atoms with Crippen LogP contribution in [0.4, 0.5) is 5.69 Å². The summed E-state index contributed by atoms with van der Waals surface area (Å²) >= 11 is 0. The highest BCUT2D eigenvalue weighted by atomic mass is 14.9. The van der Waals surface area contributed by atoms with Gasteiger partial charge in [0.2, 0.25) is 0 Å². The van der Waals surface area contributed by atoms with Gasteiger partial charge in [0.05, 0.1) is 18.1 Å². The van der Waals surface area contributed by atoms with Gasteiger partial charge in [-0.25, -0.2) is 9.97 Å². The Morgan fingerprint density at radius 3 is 2.22 bits per heavy atom. The zero-order chi connectivity index (χ0) is 5.82. The molecule has 0 aromatic carbocycles. The van der Waals surface area contributed by atoms with Crippen molar-refractivity contribution in [2.45, 2.75) is 7.43 Å². The van der Waals surface area contributed by atoms with Crippen LogP contribution >= 0.6 is 0 Å². The van der Waals surface area contributed by atoms with Gasteiger partial charge in [-0.2, -0.15) is 0 Å². The van der Waals surface area contributed by atoms with Gasteiger partial charge in [0.25, 0.3) is 0 Å². The van der Waals surface area contributed by atoms with Gasteiger partial charge in [-0.3, -0.25) is 0 Å². The van der Waals surface area contributed by atoms with Crippen molar-refractivity contribution in [1.29, 1.82) is 0 Å². The summed E-state index contributed by atoms with van der Waals surface area (Å²) in [6.07, 6.45) is 4.93. The normalized spacial score (nSPS) is 7.67. The molecule has 3 nitrogen and oxygen atoms in total. The van der Waals surface area contributed by atoms with Crippen molar-refractivity contribution >= 4 is 5.69 Å². The van der Waals surface area contributed by atoms with E-state index in [0.717, 1.165) is 5.69 Å². The van der Waals surface area contributed by atoms with Crippen LogP contribution < -0.4 is 5.32 Å². The van der Waals surface area contributed by atoms with Crippen molar-refractivity contribution < 1.29 is 0 Å². The molecule has 3 heteroatoms. The van der Waals surface area contributed by atoms with E-state index in [4.69, 9.17) is 0 Å². The van der Waals surface area contributed by atoms with E-state index >= 15 is 0 Å². The molecule has 0 fully saturated rings. The Kier molecular flexibility index (Phi) is 3.35. The van der Waals surface area contributed by atoms with Crippen LogP contribution in [0.2, 0.25) is 0 Å². The molecule has 1 aromatic rings. The number of rotatable bonds is 1. The molecule has 0 aliphatic carbocycles. The van der Waals surface area contributed by atoms with Crippen molar-refractivity contribution in [2.75, 3.05) is 12.4 Å². The van der Waals surface area contributed by atoms with Gasteiger partial charge in [0.15, 0.2) is 0 Å². The first-order chi connectivity index (χ1) is 3.93. The SMILES string of the molecule is C.CNc1cncnc1. The summed E-state index contributed by atoms with van der Waals surface area (Å²) in [5.41, 5.74) is 0.938. The second-order valence-corrected chi connectivity index (χ2v) is 1.38. The summed E-state index contributed by atoms with van der Waals surface area (Å²) in [6, 6.07) is 0. The number of hydrogen-bond donors (Lipinski definition) is 1. The standard InChI is InChI=1S/C5H7N3.CH4/c1-6-5-2-7-4-8-3-5;/h2-4,6H,1H3;1H4. The van der Waals surface area contributed by atoms with Crippen LogP contribution in [0.3, 0.4) is 0 Å². The van der Waals surface area contributed by atoms with Crippen molar-refractivity contribution in [1.82, 2.24) is 9.97 Å². The van der Waals surface area contributed by atoms with Gasteiger partial charge >= 0.3 is 0 Å². The summed E-state index contributed by atoms with van der Waals surface area (Å²) in [7, 11) is 1.83. The molecule has 50 valence electrons. The van der Waals surface area contributed by atoms with Crippen molar-refractivity contribution in [3.63, 3.8) is 0 Å². The first-order valence-corrected chi connectivity index (χ1v) is 2.36. The molecule has 0 aliphatic rings. The second kappa shape index (κ2) is 3.83. The van der Waals surface area contributed by atoms with E-state index in [1.807, 2.05) is 7.05 Å². The van der Waals surface area contributed by atoms with E-state index in [9.17, 15) is 0 Å². The molecule has 0 radical (unpaired) electrons. The van der Waals surface area contributed by atoms with Crippen LogP contribution in [0, 0.1) is 0 Å². The fourth-order valence-corrected chi connectivity index (χ4v) is 0.428. The average Bonchev–Trinajstić information content (AvgIpc) is 1.90. The third-order valence-corrected chi connectivity index (χ3v) is 0.849. The van der Waals surface area contributed by atoms with Crippen LogP contribution in [0.1, 0.15) is 7.43 Å². The lowest BCUT2D eigenvalue weighted by Crippen LogP contribution is -1.88. The number of nitrogens with one attached hydrogen (secondary N) is 1. The van der Waals surface area contributed by atoms with Gasteiger partial charge in [-0.15, -0.1) is 0 Å². The minimum absolute atomic E-state index is 0. The molecular formula is C6H11N3. The van der Waals surface area contributed by atoms with Gasteiger partial charge < -0.3 is 5.32 Å². The molecule has 1 aromatic heterocycles. The minimum atomic E-state index is 0. The maximum atomic E-state index is 3.78. The van der Waals surface area contributed by atoms with E-state index < -0.39 is 0 Å². The lowest BCUT2D eigenvalue weighted by atomic mass is 10.5. The largest absolute Gasteiger partial charge is 0.386 e. The molecule has 0 atom stereocenters. The molecule has 1 heterocycles. The van der Waals surface area contributed by atoms with Crippen molar-refractivity contribution in [3.05, 3.63) is 18.7 Å². The van der Waals surface area contributed by atoms with E-state index in [1.54, 1.807) is 12.4 Å². The fraction of sp³-hybridized carbons (Fsp3) is 0.333. The highest BCUT2D eigenvalue weighted by Gasteiger charge is 1.80. The maximum Gasteiger partial charge on any atom is 0.115 e. The molecule has 1 N–H and O–H groups in total.